The molecule has 0 heterocycles. The van der Waals surface area contributed by atoms with Gasteiger partial charge < -0.3 is 24.3 Å². The van der Waals surface area contributed by atoms with Gasteiger partial charge in [0.1, 0.15) is 24.6 Å². The fourth-order valence-corrected chi connectivity index (χ4v) is 3.88. The molecular formula is C27H37NO8. The van der Waals surface area contributed by atoms with Crippen LogP contribution >= 0.6 is 0 Å². The summed E-state index contributed by atoms with van der Waals surface area (Å²) in [4.78, 5) is 49.2. The third kappa shape index (κ3) is 10.1. The van der Waals surface area contributed by atoms with Crippen molar-refractivity contribution in [2.45, 2.75) is 90.1 Å². The molecule has 1 aromatic rings. The predicted molar refractivity (Wildman–Crippen MR) is 132 cm³/mol. The van der Waals surface area contributed by atoms with Crippen LogP contribution < -0.4 is 10.1 Å². The highest BCUT2D eigenvalue weighted by atomic mass is 16.6. The zero-order valence-corrected chi connectivity index (χ0v) is 21.4. The lowest BCUT2D eigenvalue weighted by Crippen LogP contribution is -2.49. The summed E-state index contributed by atoms with van der Waals surface area (Å²) in [5.74, 6) is -1.99. The molecule has 0 radical (unpaired) electrons. The number of nitrogens with one attached hydrogen (secondary N) is 1. The van der Waals surface area contributed by atoms with E-state index in [4.69, 9.17) is 18.9 Å². The highest BCUT2D eigenvalue weighted by Gasteiger charge is 2.31. The van der Waals surface area contributed by atoms with Crippen LogP contribution in [0.2, 0.25) is 0 Å². The summed E-state index contributed by atoms with van der Waals surface area (Å²) in [5, 5.41) is 2.45. The van der Waals surface area contributed by atoms with Gasteiger partial charge in [0.15, 0.2) is 6.04 Å². The molecule has 198 valence electrons. The SMILES string of the molecule is C=C(CC(=O)OC1CCCCCCC1)C(=O)O[C@@H](C)[C@@H](NC(C)=O)C(=O)OCc1ccc(OC)cc1. The van der Waals surface area contributed by atoms with Crippen molar-refractivity contribution in [3.63, 3.8) is 0 Å². The van der Waals surface area contributed by atoms with Crippen molar-refractivity contribution in [3.8, 4) is 5.75 Å². The second-order valence-electron chi connectivity index (χ2n) is 8.98. The van der Waals surface area contributed by atoms with Crippen LogP contribution in [-0.4, -0.2) is 49.2 Å². The van der Waals surface area contributed by atoms with Gasteiger partial charge in [0, 0.05) is 12.5 Å². The fourth-order valence-electron chi connectivity index (χ4n) is 3.88. The van der Waals surface area contributed by atoms with Crippen molar-refractivity contribution in [2.75, 3.05) is 7.11 Å². The van der Waals surface area contributed by atoms with Crippen molar-refractivity contribution in [1.82, 2.24) is 5.32 Å². The second kappa shape index (κ2) is 14.9. The first-order valence-corrected chi connectivity index (χ1v) is 12.3. The summed E-state index contributed by atoms with van der Waals surface area (Å²) in [6, 6.07) is 5.70. The molecule has 0 unspecified atom stereocenters. The van der Waals surface area contributed by atoms with Gasteiger partial charge in [-0.1, -0.05) is 38.0 Å². The number of hydrogen-bond donors (Lipinski definition) is 1. The number of carbonyl (C=O) groups excluding carboxylic acids is 4. The standard InChI is InChI=1S/C27H37NO8/c1-18(16-24(30)36-23-10-8-6-5-7-9-11-23)26(31)35-19(2)25(28-20(3)29)27(32)34-17-21-12-14-22(33-4)15-13-21/h12-15,19,23,25H,1,5-11,16-17H2,2-4H3,(H,28,29)/t19-,25+/m0/s1. The van der Waals surface area contributed by atoms with Gasteiger partial charge >= 0.3 is 17.9 Å². The lowest BCUT2D eigenvalue weighted by Gasteiger charge is -2.24. The molecule has 1 aromatic carbocycles. The molecule has 1 aliphatic rings. The smallest absolute Gasteiger partial charge is 0.334 e. The van der Waals surface area contributed by atoms with Gasteiger partial charge in [0.2, 0.25) is 5.91 Å². The first kappa shape index (κ1) is 28.9. The van der Waals surface area contributed by atoms with E-state index in [1.807, 2.05) is 0 Å². The molecule has 0 aromatic heterocycles. The maximum Gasteiger partial charge on any atom is 0.334 e. The summed E-state index contributed by atoms with van der Waals surface area (Å²) >= 11 is 0. The average molecular weight is 504 g/mol. The van der Waals surface area contributed by atoms with Gasteiger partial charge in [-0.2, -0.15) is 0 Å². The molecule has 1 amide bonds. The Morgan fingerprint density at radius 2 is 1.64 bits per heavy atom. The largest absolute Gasteiger partial charge is 0.497 e. The van der Waals surface area contributed by atoms with E-state index in [2.05, 4.69) is 11.9 Å². The average Bonchev–Trinajstić information content (AvgIpc) is 2.82. The Bertz CT molecular complexity index is 903. The van der Waals surface area contributed by atoms with Gasteiger partial charge in [-0.05, 0) is 50.3 Å². The van der Waals surface area contributed by atoms with Crippen molar-refractivity contribution in [1.29, 1.82) is 0 Å². The zero-order chi connectivity index (χ0) is 26.5. The summed E-state index contributed by atoms with van der Waals surface area (Å²) in [5.41, 5.74) is 0.623. The molecule has 0 spiro atoms. The summed E-state index contributed by atoms with van der Waals surface area (Å²) in [6.45, 7) is 6.29. The Hall–Kier alpha value is -3.36. The highest BCUT2D eigenvalue weighted by Crippen LogP contribution is 2.20. The van der Waals surface area contributed by atoms with Gasteiger partial charge in [0.05, 0.1) is 13.5 Å². The van der Waals surface area contributed by atoms with Gasteiger partial charge in [-0.15, -0.1) is 0 Å². The van der Waals surface area contributed by atoms with Crippen LogP contribution in [0.15, 0.2) is 36.4 Å². The topological polar surface area (TPSA) is 117 Å². The van der Waals surface area contributed by atoms with Crippen LogP contribution in [0.1, 0.15) is 70.8 Å². The number of methoxy groups -OCH3 is 1. The Morgan fingerprint density at radius 3 is 2.22 bits per heavy atom. The Labute approximate surface area is 212 Å². The van der Waals surface area contributed by atoms with Crippen molar-refractivity contribution in [2.24, 2.45) is 0 Å². The molecule has 1 fully saturated rings. The minimum Gasteiger partial charge on any atom is -0.497 e. The Morgan fingerprint density at radius 1 is 1.03 bits per heavy atom. The molecule has 0 bridgehead atoms. The van der Waals surface area contributed by atoms with Crippen molar-refractivity contribution >= 4 is 23.8 Å². The quantitative estimate of drug-likeness (QED) is 0.275. The fraction of sp³-hybridized carbons (Fsp3) is 0.556. The summed E-state index contributed by atoms with van der Waals surface area (Å²) in [7, 11) is 1.55. The van der Waals surface area contributed by atoms with Crippen molar-refractivity contribution in [3.05, 3.63) is 42.0 Å². The minimum absolute atomic E-state index is 0.0424. The molecule has 2 rings (SSSR count). The Balaban J connectivity index is 1.88. The molecule has 1 saturated carbocycles. The maximum absolute atomic E-state index is 12.7. The second-order valence-corrected chi connectivity index (χ2v) is 8.98. The van der Waals surface area contributed by atoms with Gasteiger partial charge in [0.25, 0.3) is 0 Å². The number of hydrogen-bond acceptors (Lipinski definition) is 8. The lowest BCUT2D eigenvalue weighted by atomic mass is 9.98. The normalized spacial score (nSPS) is 15.9. The molecule has 9 nitrogen and oxygen atoms in total. The number of amides is 1. The van der Waals surface area contributed by atoms with E-state index in [-0.39, 0.29) is 24.7 Å². The zero-order valence-electron chi connectivity index (χ0n) is 21.4. The van der Waals surface area contributed by atoms with E-state index >= 15 is 0 Å². The Kier molecular flexibility index (Phi) is 12.0. The van der Waals surface area contributed by atoms with Crippen LogP contribution in [0.4, 0.5) is 0 Å². The minimum atomic E-state index is -1.24. The highest BCUT2D eigenvalue weighted by molar-refractivity contribution is 5.93. The van der Waals surface area contributed by atoms with Crippen molar-refractivity contribution < 1.29 is 38.1 Å². The monoisotopic (exact) mass is 503 g/mol. The number of carbonyl (C=O) groups is 4. The number of benzene rings is 1. The maximum atomic E-state index is 12.7. The van der Waals surface area contributed by atoms with E-state index in [0.29, 0.717) is 11.3 Å². The van der Waals surface area contributed by atoms with E-state index in [1.165, 1.54) is 20.3 Å². The summed E-state index contributed by atoms with van der Waals surface area (Å²) < 4.78 is 21.3. The molecule has 9 heteroatoms. The molecular weight excluding hydrogens is 466 g/mol. The summed E-state index contributed by atoms with van der Waals surface area (Å²) in [6.07, 6.45) is 5.59. The van der Waals surface area contributed by atoms with Crippen LogP contribution in [0.3, 0.4) is 0 Å². The van der Waals surface area contributed by atoms with Gasteiger partial charge in [-0.3, -0.25) is 9.59 Å². The van der Waals surface area contributed by atoms with Crippen LogP contribution in [0.25, 0.3) is 0 Å². The van der Waals surface area contributed by atoms with E-state index in [0.717, 1.165) is 38.5 Å². The van der Waals surface area contributed by atoms with Crippen LogP contribution in [0.5, 0.6) is 5.75 Å². The van der Waals surface area contributed by atoms with Crippen LogP contribution in [-0.2, 0) is 40.0 Å². The molecule has 1 aliphatic carbocycles. The van der Waals surface area contributed by atoms with E-state index in [9.17, 15) is 19.2 Å². The predicted octanol–water partition coefficient (Wildman–Crippen LogP) is 3.78. The number of ether oxygens (including phenoxy) is 4. The van der Waals surface area contributed by atoms with E-state index in [1.54, 1.807) is 31.4 Å². The number of rotatable bonds is 11. The number of esters is 3. The third-order valence-corrected chi connectivity index (χ3v) is 5.91. The molecule has 0 aliphatic heterocycles. The molecule has 1 N–H and O–H groups in total. The first-order chi connectivity index (χ1) is 17.2. The molecule has 0 saturated heterocycles. The third-order valence-electron chi connectivity index (χ3n) is 5.91. The van der Waals surface area contributed by atoms with E-state index < -0.39 is 36.0 Å². The van der Waals surface area contributed by atoms with Gasteiger partial charge in [-0.25, -0.2) is 9.59 Å². The first-order valence-electron chi connectivity index (χ1n) is 12.3. The lowest BCUT2D eigenvalue weighted by molar-refractivity contribution is -0.159. The molecule has 36 heavy (non-hydrogen) atoms. The van der Waals surface area contributed by atoms with Crippen LogP contribution in [0, 0.1) is 0 Å². The molecule has 2 atom stereocenters.